The van der Waals surface area contributed by atoms with Gasteiger partial charge in [0.05, 0.1) is 21.7 Å². The fourth-order valence-electron chi connectivity index (χ4n) is 2.30. The van der Waals surface area contributed by atoms with E-state index in [2.05, 4.69) is 41.2 Å². The molecule has 1 aromatic heterocycles. The second-order valence-electron chi connectivity index (χ2n) is 5.30. The maximum Gasteiger partial charge on any atom is 0.202 e. The Morgan fingerprint density at radius 2 is 2.25 bits per heavy atom. The van der Waals surface area contributed by atoms with E-state index in [1.807, 2.05) is 0 Å². The SMILES string of the molecule is NC(=Nc1ccc(F)c(Br)c1)c1nonc1NC1CCS(=O)(=O)C1. The Hall–Kier alpha value is -2.01. The molecule has 1 fully saturated rings. The predicted octanol–water partition coefficient (Wildman–Crippen LogP) is 1.61. The first-order valence-electron chi connectivity index (χ1n) is 6.93. The molecule has 1 aliphatic rings. The van der Waals surface area contributed by atoms with Crippen molar-refractivity contribution in [3.63, 3.8) is 0 Å². The van der Waals surface area contributed by atoms with Crippen molar-refractivity contribution in [1.29, 1.82) is 0 Å². The number of rotatable bonds is 4. The highest BCUT2D eigenvalue weighted by atomic mass is 79.9. The van der Waals surface area contributed by atoms with Gasteiger partial charge in [0.1, 0.15) is 5.82 Å². The highest BCUT2D eigenvalue weighted by Crippen LogP contribution is 2.23. The zero-order chi connectivity index (χ0) is 17.3. The first-order valence-corrected chi connectivity index (χ1v) is 9.54. The monoisotopic (exact) mass is 417 g/mol. The molecule has 0 bridgehead atoms. The Bertz CT molecular complexity index is 899. The summed E-state index contributed by atoms with van der Waals surface area (Å²) in [5, 5.41) is 10.3. The molecule has 1 aromatic carbocycles. The Labute approximate surface area is 145 Å². The van der Waals surface area contributed by atoms with Crippen LogP contribution in [0.2, 0.25) is 0 Å². The number of anilines is 1. The van der Waals surface area contributed by atoms with Crippen molar-refractivity contribution in [2.24, 2.45) is 10.7 Å². The number of nitrogens with zero attached hydrogens (tertiary/aromatic N) is 3. The summed E-state index contributed by atoms with van der Waals surface area (Å²) in [6.07, 6.45) is 0.469. The van der Waals surface area contributed by atoms with E-state index in [4.69, 9.17) is 5.73 Å². The molecule has 1 saturated heterocycles. The average molecular weight is 418 g/mol. The summed E-state index contributed by atoms with van der Waals surface area (Å²) in [7, 11) is -3.03. The van der Waals surface area contributed by atoms with E-state index in [1.165, 1.54) is 18.2 Å². The lowest BCUT2D eigenvalue weighted by Crippen LogP contribution is -2.23. The van der Waals surface area contributed by atoms with Crippen LogP contribution in [-0.2, 0) is 9.84 Å². The molecule has 11 heteroatoms. The lowest BCUT2D eigenvalue weighted by Gasteiger charge is -2.09. The van der Waals surface area contributed by atoms with Crippen LogP contribution < -0.4 is 11.1 Å². The molecule has 0 radical (unpaired) electrons. The van der Waals surface area contributed by atoms with E-state index in [9.17, 15) is 12.8 Å². The number of aliphatic imine (C=N–C) groups is 1. The van der Waals surface area contributed by atoms with Crippen molar-refractivity contribution in [2.45, 2.75) is 12.5 Å². The molecule has 3 N–H and O–H groups in total. The van der Waals surface area contributed by atoms with Gasteiger partial charge in [-0.15, -0.1) is 0 Å². The molecule has 3 rings (SSSR count). The zero-order valence-electron chi connectivity index (χ0n) is 12.2. The van der Waals surface area contributed by atoms with Crippen molar-refractivity contribution in [2.75, 3.05) is 16.8 Å². The van der Waals surface area contributed by atoms with Crippen molar-refractivity contribution in [1.82, 2.24) is 10.3 Å². The van der Waals surface area contributed by atoms with Gasteiger partial charge in [0.25, 0.3) is 0 Å². The van der Waals surface area contributed by atoms with Gasteiger partial charge in [-0.3, -0.25) is 0 Å². The number of sulfone groups is 1. The Morgan fingerprint density at radius 1 is 1.46 bits per heavy atom. The van der Waals surface area contributed by atoms with Gasteiger partial charge < -0.3 is 11.1 Å². The molecule has 1 atom stereocenters. The smallest absolute Gasteiger partial charge is 0.202 e. The van der Waals surface area contributed by atoms with E-state index in [0.717, 1.165) is 0 Å². The molecule has 0 amide bonds. The van der Waals surface area contributed by atoms with Gasteiger partial charge in [0, 0.05) is 6.04 Å². The van der Waals surface area contributed by atoms with Crippen LogP contribution in [0.5, 0.6) is 0 Å². The standard InChI is InChI=1S/C13H13BrFN5O3S/c14-9-5-7(1-2-10(9)15)17-12(16)11-13(20-23-19-11)18-8-3-4-24(21,22)6-8/h1-2,5,8H,3-4,6H2,(H2,16,17)(H,18,20). The van der Waals surface area contributed by atoms with Gasteiger partial charge in [-0.25, -0.2) is 22.4 Å². The molecule has 0 aliphatic carbocycles. The maximum absolute atomic E-state index is 13.2. The Morgan fingerprint density at radius 3 is 2.92 bits per heavy atom. The van der Waals surface area contributed by atoms with Crippen LogP contribution in [0.3, 0.4) is 0 Å². The molecule has 128 valence electrons. The largest absolute Gasteiger partial charge is 0.382 e. The normalized spacial score (nSPS) is 20.2. The van der Waals surface area contributed by atoms with E-state index < -0.39 is 15.7 Å². The lowest BCUT2D eigenvalue weighted by atomic mass is 10.2. The molecule has 0 saturated carbocycles. The van der Waals surface area contributed by atoms with Gasteiger partial charge in [0.2, 0.25) is 5.82 Å². The molecule has 24 heavy (non-hydrogen) atoms. The lowest BCUT2D eigenvalue weighted by molar-refractivity contribution is 0.307. The fourth-order valence-corrected chi connectivity index (χ4v) is 4.34. The van der Waals surface area contributed by atoms with E-state index in [-0.39, 0.29) is 39.4 Å². The number of amidine groups is 1. The third kappa shape index (κ3) is 3.73. The van der Waals surface area contributed by atoms with Gasteiger partial charge >= 0.3 is 0 Å². The van der Waals surface area contributed by atoms with Crippen molar-refractivity contribution < 1.29 is 17.4 Å². The number of nitrogens with one attached hydrogen (secondary N) is 1. The number of aromatic nitrogens is 2. The van der Waals surface area contributed by atoms with Crippen LogP contribution >= 0.6 is 15.9 Å². The van der Waals surface area contributed by atoms with Gasteiger partial charge in [-0.05, 0) is 50.9 Å². The number of halogens is 2. The number of benzene rings is 1. The summed E-state index contributed by atoms with van der Waals surface area (Å²) >= 11 is 3.07. The highest BCUT2D eigenvalue weighted by Gasteiger charge is 2.29. The van der Waals surface area contributed by atoms with E-state index in [0.29, 0.717) is 12.1 Å². The fraction of sp³-hybridized carbons (Fsp3) is 0.308. The van der Waals surface area contributed by atoms with Crippen LogP contribution in [0.15, 0.2) is 32.3 Å². The van der Waals surface area contributed by atoms with Crippen LogP contribution in [0.4, 0.5) is 15.9 Å². The Balaban J connectivity index is 1.81. The summed E-state index contributed by atoms with van der Waals surface area (Å²) < 4.78 is 41.2. The first kappa shape index (κ1) is 16.8. The van der Waals surface area contributed by atoms with E-state index >= 15 is 0 Å². The van der Waals surface area contributed by atoms with Crippen LogP contribution in [0.1, 0.15) is 12.1 Å². The topological polar surface area (TPSA) is 123 Å². The maximum atomic E-state index is 13.2. The van der Waals surface area contributed by atoms with Gasteiger partial charge in [0.15, 0.2) is 21.4 Å². The van der Waals surface area contributed by atoms with Gasteiger partial charge in [-0.1, -0.05) is 0 Å². The number of nitrogens with two attached hydrogens (primary N) is 1. The molecule has 2 aromatic rings. The van der Waals surface area contributed by atoms with Crippen molar-refractivity contribution in [3.05, 3.63) is 34.2 Å². The van der Waals surface area contributed by atoms with Crippen LogP contribution in [0.25, 0.3) is 0 Å². The van der Waals surface area contributed by atoms with E-state index in [1.54, 1.807) is 0 Å². The molecular weight excluding hydrogens is 405 g/mol. The van der Waals surface area contributed by atoms with Crippen LogP contribution in [0, 0.1) is 5.82 Å². The first-order chi connectivity index (χ1) is 11.3. The minimum absolute atomic E-state index is 0.0121. The minimum atomic E-state index is -3.03. The number of hydrogen-bond acceptors (Lipinski definition) is 7. The molecule has 0 spiro atoms. The minimum Gasteiger partial charge on any atom is -0.382 e. The third-order valence-electron chi connectivity index (χ3n) is 3.46. The summed E-state index contributed by atoms with van der Waals surface area (Å²) in [4.78, 5) is 4.14. The second-order valence-corrected chi connectivity index (χ2v) is 8.38. The highest BCUT2D eigenvalue weighted by molar-refractivity contribution is 9.10. The molecular formula is C13H13BrFN5O3S. The predicted molar refractivity (Wildman–Crippen MR) is 89.5 cm³/mol. The van der Waals surface area contributed by atoms with Crippen molar-refractivity contribution in [3.8, 4) is 0 Å². The molecule has 1 unspecified atom stereocenters. The quantitative estimate of drug-likeness (QED) is 0.571. The van der Waals surface area contributed by atoms with Crippen molar-refractivity contribution >= 4 is 43.1 Å². The zero-order valence-corrected chi connectivity index (χ0v) is 14.6. The number of hydrogen-bond donors (Lipinski definition) is 2. The third-order valence-corrected chi connectivity index (χ3v) is 5.83. The van der Waals surface area contributed by atoms with Gasteiger partial charge in [-0.2, -0.15) is 0 Å². The molecule has 1 aliphatic heterocycles. The summed E-state index contributed by atoms with van der Waals surface area (Å²) in [5.74, 6) is -0.0437. The second kappa shape index (κ2) is 6.48. The average Bonchev–Trinajstić information content (AvgIpc) is 3.09. The summed E-state index contributed by atoms with van der Waals surface area (Å²) in [6, 6.07) is 3.89. The Kier molecular flexibility index (Phi) is 4.54. The summed E-state index contributed by atoms with van der Waals surface area (Å²) in [5.41, 5.74) is 6.49. The molecule has 2 heterocycles. The molecule has 8 nitrogen and oxygen atoms in total. The summed E-state index contributed by atoms with van der Waals surface area (Å²) in [6.45, 7) is 0. The van der Waals surface area contributed by atoms with Crippen LogP contribution in [-0.4, -0.2) is 42.1 Å².